The van der Waals surface area contributed by atoms with Crippen molar-refractivity contribution in [1.29, 1.82) is 0 Å². The fraction of sp³-hybridized carbons (Fsp3) is 0.320. The molecule has 0 unspecified atom stereocenters. The van der Waals surface area contributed by atoms with Gasteiger partial charge in [-0.05, 0) is 48.9 Å². The molecule has 1 aliphatic heterocycles. The van der Waals surface area contributed by atoms with E-state index in [2.05, 4.69) is 51.4 Å². The summed E-state index contributed by atoms with van der Waals surface area (Å²) in [4.78, 5) is 24.1. The fourth-order valence-electron chi connectivity index (χ4n) is 3.83. The summed E-state index contributed by atoms with van der Waals surface area (Å²) in [6.07, 6.45) is 8.16. The normalized spacial score (nSPS) is 13.8. The van der Waals surface area contributed by atoms with Crippen molar-refractivity contribution in [3.63, 3.8) is 0 Å². The van der Waals surface area contributed by atoms with Crippen molar-refractivity contribution in [2.24, 2.45) is 0 Å². The van der Waals surface area contributed by atoms with Gasteiger partial charge in [-0.3, -0.25) is 9.78 Å². The summed E-state index contributed by atoms with van der Waals surface area (Å²) < 4.78 is 0. The molecule has 1 aromatic heterocycles. The lowest BCUT2D eigenvalue weighted by Gasteiger charge is -2.28. The van der Waals surface area contributed by atoms with E-state index in [9.17, 15) is 4.79 Å². The van der Waals surface area contributed by atoms with E-state index in [4.69, 9.17) is 0 Å². The van der Waals surface area contributed by atoms with Gasteiger partial charge >= 0.3 is 0 Å². The third-order valence-electron chi connectivity index (χ3n) is 5.64. The zero-order valence-corrected chi connectivity index (χ0v) is 17.5. The van der Waals surface area contributed by atoms with Crippen molar-refractivity contribution >= 4 is 11.7 Å². The molecule has 1 aliphatic rings. The van der Waals surface area contributed by atoms with Crippen molar-refractivity contribution in [1.82, 2.24) is 15.3 Å². The summed E-state index contributed by atoms with van der Waals surface area (Å²) in [5.41, 5.74) is 4.90. The highest BCUT2D eigenvalue weighted by Gasteiger charge is 2.18. The van der Waals surface area contributed by atoms with Gasteiger partial charge in [-0.15, -0.1) is 0 Å². The van der Waals surface area contributed by atoms with Crippen LogP contribution in [0.1, 0.15) is 47.7 Å². The zero-order chi connectivity index (χ0) is 20.8. The van der Waals surface area contributed by atoms with Crippen LogP contribution < -0.4 is 10.2 Å². The molecule has 1 amide bonds. The molecule has 0 radical (unpaired) electrons. The van der Waals surface area contributed by atoms with Crippen LogP contribution in [-0.4, -0.2) is 29.0 Å². The number of piperidine rings is 1. The number of aromatic nitrogens is 2. The molecule has 4 rings (SSSR count). The average Bonchev–Trinajstić information content (AvgIpc) is 2.83. The number of anilines is 1. The molecule has 3 aromatic rings. The molecule has 1 fully saturated rings. The van der Waals surface area contributed by atoms with Crippen molar-refractivity contribution < 1.29 is 4.79 Å². The lowest BCUT2D eigenvalue weighted by Crippen LogP contribution is -2.30. The molecule has 5 heteroatoms. The molecule has 30 heavy (non-hydrogen) atoms. The van der Waals surface area contributed by atoms with Crippen molar-refractivity contribution in [3.05, 3.63) is 77.6 Å². The fourth-order valence-corrected chi connectivity index (χ4v) is 3.83. The Morgan fingerprint density at radius 2 is 1.57 bits per heavy atom. The minimum atomic E-state index is -0.0727. The number of carbonyl (C=O) groups is 1. The van der Waals surface area contributed by atoms with Crippen LogP contribution in [-0.2, 0) is 13.0 Å². The van der Waals surface area contributed by atoms with Gasteiger partial charge in [0.05, 0.1) is 0 Å². The Balaban J connectivity index is 1.44. The average molecular weight is 401 g/mol. The topological polar surface area (TPSA) is 58.1 Å². The SMILES string of the molecule is CCc1ccc(CNC(=O)c2ccc(-c3nccnc3N3CCCCC3)cc2)cc1. The molecule has 5 nitrogen and oxygen atoms in total. The molecule has 154 valence electrons. The van der Waals surface area contributed by atoms with Crippen LogP contribution in [0.3, 0.4) is 0 Å². The number of hydrogen-bond donors (Lipinski definition) is 1. The lowest BCUT2D eigenvalue weighted by atomic mass is 10.1. The Morgan fingerprint density at radius 1 is 0.900 bits per heavy atom. The second-order valence-corrected chi connectivity index (χ2v) is 7.71. The van der Waals surface area contributed by atoms with Crippen LogP contribution in [0.2, 0.25) is 0 Å². The van der Waals surface area contributed by atoms with E-state index >= 15 is 0 Å². The highest BCUT2D eigenvalue weighted by Crippen LogP contribution is 2.28. The van der Waals surface area contributed by atoms with E-state index in [0.29, 0.717) is 12.1 Å². The number of amides is 1. The molecule has 0 bridgehead atoms. The third kappa shape index (κ3) is 4.67. The van der Waals surface area contributed by atoms with Gasteiger partial charge in [-0.25, -0.2) is 4.98 Å². The van der Waals surface area contributed by atoms with Crippen LogP contribution >= 0.6 is 0 Å². The highest BCUT2D eigenvalue weighted by molar-refractivity contribution is 5.94. The number of nitrogens with zero attached hydrogens (tertiary/aromatic N) is 3. The van der Waals surface area contributed by atoms with Gasteiger partial charge in [-0.1, -0.05) is 43.3 Å². The van der Waals surface area contributed by atoms with Crippen LogP contribution in [0.5, 0.6) is 0 Å². The smallest absolute Gasteiger partial charge is 0.251 e. The van der Waals surface area contributed by atoms with Gasteiger partial charge in [0.2, 0.25) is 0 Å². The van der Waals surface area contributed by atoms with Gasteiger partial charge in [0, 0.05) is 43.2 Å². The van der Waals surface area contributed by atoms with Gasteiger partial charge in [0.1, 0.15) is 5.69 Å². The summed E-state index contributed by atoms with van der Waals surface area (Å²) in [5.74, 6) is 0.862. The standard InChI is InChI=1S/C25H28N4O/c1-2-19-6-8-20(9-7-19)18-28-25(30)22-12-10-21(11-13-22)23-24(27-15-14-26-23)29-16-4-3-5-17-29/h6-15H,2-5,16-18H2,1H3,(H,28,30). The van der Waals surface area contributed by atoms with Crippen LogP contribution in [0, 0.1) is 0 Å². The molecule has 0 aliphatic carbocycles. The first-order valence-electron chi connectivity index (χ1n) is 10.8. The Morgan fingerprint density at radius 3 is 2.27 bits per heavy atom. The molecular weight excluding hydrogens is 372 g/mol. The number of benzene rings is 2. The van der Waals surface area contributed by atoms with Crippen molar-refractivity contribution in [2.75, 3.05) is 18.0 Å². The summed E-state index contributed by atoms with van der Waals surface area (Å²) in [6.45, 7) is 4.70. The van der Waals surface area contributed by atoms with Gasteiger partial charge in [0.15, 0.2) is 5.82 Å². The third-order valence-corrected chi connectivity index (χ3v) is 5.64. The zero-order valence-electron chi connectivity index (χ0n) is 17.5. The quantitative estimate of drug-likeness (QED) is 0.656. The number of aryl methyl sites for hydroxylation is 1. The first kappa shape index (κ1) is 20.1. The van der Waals surface area contributed by atoms with E-state index in [1.807, 2.05) is 24.3 Å². The van der Waals surface area contributed by atoms with Gasteiger partial charge in [-0.2, -0.15) is 0 Å². The largest absolute Gasteiger partial charge is 0.355 e. The number of rotatable bonds is 6. The van der Waals surface area contributed by atoms with E-state index in [-0.39, 0.29) is 5.91 Å². The second kappa shape index (κ2) is 9.53. The molecule has 0 atom stereocenters. The second-order valence-electron chi connectivity index (χ2n) is 7.71. The molecule has 1 N–H and O–H groups in total. The predicted octanol–water partition coefficient (Wildman–Crippen LogP) is 4.63. The summed E-state index contributed by atoms with van der Waals surface area (Å²) in [7, 11) is 0. The van der Waals surface area contributed by atoms with Crippen molar-refractivity contribution in [3.8, 4) is 11.3 Å². The Labute approximate surface area is 178 Å². The Kier molecular flexibility index (Phi) is 6.38. The van der Waals surface area contributed by atoms with Crippen LogP contribution in [0.25, 0.3) is 11.3 Å². The van der Waals surface area contributed by atoms with E-state index < -0.39 is 0 Å². The van der Waals surface area contributed by atoms with Crippen LogP contribution in [0.4, 0.5) is 5.82 Å². The molecule has 1 saturated heterocycles. The number of carbonyl (C=O) groups excluding carboxylic acids is 1. The molecule has 2 aromatic carbocycles. The van der Waals surface area contributed by atoms with Gasteiger partial charge in [0.25, 0.3) is 5.91 Å². The van der Waals surface area contributed by atoms with E-state index in [1.165, 1.54) is 24.8 Å². The maximum absolute atomic E-state index is 12.6. The molecular formula is C25H28N4O. The van der Waals surface area contributed by atoms with Gasteiger partial charge < -0.3 is 10.2 Å². The molecule has 2 heterocycles. The maximum atomic E-state index is 12.6. The summed E-state index contributed by atoms with van der Waals surface area (Å²) >= 11 is 0. The highest BCUT2D eigenvalue weighted by atomic mass is 16.1. The number of hydrogen-bond acceptors (Lipinski definition) is 4. The first-order chi connectivity index (χ1) is 14.7. The Hall–Kier alpha value is -3.21. The first-order valence-corrected chi connectivity index (χ1v) is 10.8. The molecule has 0 saturated carbocycles. The van der Waals surface area contributed by atoms with Crippen molar-refractivity contribution in [2.45, 2.75) is 39.2 Å². The maximum Gasteiger partial charge on any atom is 0.251 e. The Bertz CT molecular complexity index is 977. The summed E-state index contributed by atoms with van der Waals surface area (Å²) in [6, 6.07) is 16.0. The number of nitrogens with one attached hydrogen (secondary N) is 1. The van der Waals surface area contributed by atoms with E-state index in [1.54, 1.807) is 12.4 Å². The lowest BCUT2D eigenvalue weighted by molar-refractivity contribution is 0.0951. The molecule has 0 spiro atoms. The summed E-state index contributed by atoms with van der Waals surface area (Å²) in [5, 5.41) is 3.00. The van der Waals surface area contributed by atoms with E-state index in [0.717, 1.165) is 42.1 Å². The minimum absolute atomic E-state index is 0.0727. The van der Waals surface area contributed by atoms with Crippen LogP contribution in [0.15, 0.2) is 60.9 Å². The predicted molar refractivity (Wildman–Crippen MR) is 121 cm³/mol. The minimum Gasteiger partial charge on any atom is -0.355 e. The monoisotopic (exact) mass is 400 g/mol.